The van der Waals surface area contributed by atoms with E-state index in [9.17, 15) is 14.4 Å². The van der Waals surface area contributed by atoms with Crippen molar-refractivity contribution in [2.24, 2.45) is 5.73 Å². The number of nitrogens with zero attached hydrogens (tertiary/aromatic N) is 2. The van der Waals surface area contributed by atoms with Crippen LogP contribution in [0.4, 0.5) is 0 Å². The molecule has 3 rings (SSSR count). The highest BCUT2D eigenvalue weighted by Crippen LogP contribution is 2.26. The highest BCUT2D eigenvalue weighted by molar-refractivity contribution is 6.35. The predicted molar refractivity (Wildman–Crippen MR) is 108 cm³/mol. The number of nitrogens with two attached hydrogens (primary N) is 1. The molecule has 7 heteroatoms. The molecule has 2 amide bonds. The summed E-state index contributed by atoms with van der Waals surface area (Å²) in [4.78, 5) is 39.7. The Morgan fingerprint density at radius 1 is 0.862 bits per heavy atom. The van der Waals surface area contributed by atoms with E-state index in [1.54, 1.807) is 0 Å². The van der Waals surface area contributed by atoms with Gasteiger partial charge in [-0.25, -0.2) is 0 Å². The van der Waals surface area contributed by atoms with Crippen molar-refractivity contribution in [3.05, 3.63) is 71.8 Å². The van der Waals surface area contributed by atoms with Gasteiger partial charge in [-0.3, -0.25) is 14.4 Å². The maximum Gasteiger partial charge on any atom is 0.312 e. The lowest BCUT2D eigenvalue weighted by Gasteiger charge is -2.33. The molecule has 29 heavy (non-hydrogen) atoms. The summed E-state index contributed by atoms with van der Waals surface area (Å²) in [5.74, 6) is -1.59. The highest BCUT2D eigenvalue weighted by atomic mass is 16.5. The lowest BCUT2D eigenvalue weighted by atomic mass is 10.0. The summed E-state index contributed by atoms with van der Waals surface area (Å²) < 4.78 is 5.75. The quantitative estimate of drug-likeness (QED) is 0.538. The third-order valence-electron chi connectivity index (χ3n) is 4.84. The molecule has 152 valence electrons. The first-order valence-electron chi connectivity index (χ1n) is 9.67. The maximum absolute atomic E-state index is 12.5. The van der Waals surface area contributed by atoms with Crippen molar-refractivity contribution in [2.75, 3.05) is 32.7 Å². The molecule has 1 fully saturated rings. The Morgan fingerprint density at radius 3 is 1.83 bits per heavy atom. The first-order chi connectivity index (χ1) is 14.1. The summed E-state index contributed by atoms with van der Waals surface area (Å²) in [6.07, 6.45) is -0.504. The van der Waals surface area contributed by atoms with Gasteiger partial charge in [-0.15, -0.1) is 0 Å². The van der Waals surface area contributed by atoms with Gasteiger partial charge in [0.05, 0.1) is 6.42 Å². The summed E-state index contributed by atoms with van der Waals surface area (Å²) in [7, 11) is 0. The fraction of sp³-hybridized carbons (Fsp3) is 0.318. The molecule has 7 nitrogen and oxygen atoms in total. The fourth-order valence-electron chi connectivity index (χ4n) is 3.30. The van der Waals surface area contributed by atoms with Gasteiger partial charge in [0.1, 0.15) is 0 Å². The highest BCUT2D eigenvalue weighted by Gasteiger charge is 2.32. The van der Waals surface area contributed by atoms with Crippen LogP contribution in [0.25, 0.3) is 0 Å². The van der Waals surface area contributed by atoms with Crippen LogP contribution in [0.15, 0.2) is 60.7 Å². The van der Waals surface area contributed by atoms with Gasteiger partial charge in [0, 0.05) is 32.7 Å². The van der Waals surface area contributed by atoms with Crippen molar-refractivity contribution in [3.63, 3.8) is 0 Å². The van der Waals surface area contributed by atoms with Gasteiger partial charge in [-0.1, -0.05) is 60.7 Å². The van der Waals surface area contributed by atoms with Crippen LogP contribution >= 0.6 is 0 Å². The molecule has 0 unspecified atom stereocenters. The van der Waals surface area contributed by atoms with E-state index in [0.29, 0.717) is 26.2 Å². The molecule has 1 aliphatic heterocycles. The molecule has 2 N–H and O–H groups in total. The van der Waals surface area contributed by atoms with Gasteiger partial charge in [-0.2, -0.15) is 0 Å². The van der Waals surface area contributed by atoms with Crippen LogP contribution < -0.4 is 5.73 Å². The average molecular weight is 395 g/mol. The molecule has 2 aromatic carbocycles. The minimum Gasteiger partial charge on any atom is -0.452 e. The van der Waals surface area contributed by atoms with Crippen LogP contribution in [-0.4, -0.2) is 60.3 Å². The van der Waals surface area contributed by atoms with E-state index in [0.717, 1.165) is 11.1 Å². The number of carbonyl (C=O) groups is 3. The zero-order valence-electron chi connectivity index (χ0n) is 16.2. The van der Waals surface area contributed by atoms with Crippen molar-refractivity contribution in [1.29, 1.82) is 0 Å². The number of rotatable bonds is 8. The predicted octanol–water partition coefficient (Wildman–Crippen LogP) is 1.34. The number of benzene rings is 2. The van der Waals surface area contributed by atoms with Crippen LogP contribution in [0.2, 0.25) is 0 Å². The zero-order chi connectivity index (χ0) is 20.6. The molecule has 0 atom stereocenters. The second-order valence-corrected chi connectivity index (χ2v) is 6.81. The molecule has 0 spiro atoms. The van der Waals surface area contributed by atoms with Crippen LogP contribution in [-0.2, 0) is 19.1 Å². The monoisotopic (exact) mass is 395 g/mol. The van der Waals surface area contributed by atoms with Crippen molar-refractivity contribution >= 4 is 17.8 Å². The van der Waals surface area contributed by atoms with Crippen LogP contribution in [0.3, 0.4) is 0 Å². The second-order valence-electron chi connectivity index (χ2n) is 6.81. The normalized spacial score (nSPS) is 14.4. The summed E-state index contributed by atoms with van der Waals surface area (Å²) in [5, 5.41) is 0. The van der Waals surface area contributed by atoms with Gasteiger partial charge < -0.3 is 20.3 Å². The second kappa shape index (κ2) is 9.84. The molecule has 2 aromatic rings. The van der Waals surface area contributed by atoms with Gasteiger partial charge in [0.25, 0.3) is 0 Å². The lowest BCUT2D eigenvalue weighted by molar-refractivity contribution is -0.157. The molecule has 0 radical (unpaired) electrons. The van der Waals surface area contributed by atoms with Crippen molar-refractivity contribution in [1.82, 2.24) is 9.80 Å². The molecular formula is C22H25N3O4. The van der Waals surface area contributed by atoms with Gasteiger partial charge in [0.15, 0.2) is 6.10 Å². The first kappa shape index (κ1) is 20.5. The molecule has 1 heterocycles. The van der Waals surface area contributed by atoms with Crippen molar-refractivity contribution in [2.45, 2.75) is 12.5 Å². The lowest BCUT2D eigenvalue weighted by Crippen LogP contribution is -2.55. The summed E-state index contributed by atoms with van der Waals surface area (Å²) in [6.45, 7) is 1.63. The molecule has 0 saturated carbocycles. The first-order valence-corrected chi connectivity index (χ1v) is 9.67. The molecule has 0 bridgehead atoms. The Bertz CT molecular complexity index is 802. The number of amides is 2. The smallest absolute Gasteiger partial charge is 0.312 e. The Balaban J connectivity index is 1.61. The van der Waals surface area contributed by atoms with E-state index in [1.165, 1.54) is 9.80 Å². The number of carbonyl (C=O) groups excluding carboxylic acids is 3. The Hall–Kier alpha value is -3.19. The molecule has 1 aliphatic rings. The number of piperazine rings is 1. The topological polar surface area (TPSA) is 92.9 Å². The molecule has 0 aromatic heterocycles. The van der Waals surface area contributed by atoms with E-state index in [2.05, 4.69) is 0 Å². The van der Waals surface area contributed by atoms with E-state index >= 15 is 0 Å². The maximum atomic E-state index is 12.5. The van der Waals surface area contributed by atoms with Gasteiger partial charge in [-0.05, 0) is 11.1 Å². The molecule has 1 saturated heterocycles. The minimum atomic E-state index is -0.597. The van der Waals surface area contributed by atoms with Crippen molar-refractivity contribution < 1.29 is 19.1 Å². The van der Waals surface area contributed by atoms with Crippen LogP contribution in [0, 0.1) is 0 Å². The van der Waals surface area contributed by atoms with E-state index < -0.39 is 23.9 Å². The fourth-order valence-corrected chi connectivity index (χ4v) is 3.30. The van der Waals surface area contributed by atoms with E-state index in [4.69, 9.17) is 10.5 Å². The number of esters is 1. The molecular weight excluding hydrogens is 370 g/mol. The Labute approximate surface area is 170 Å². The van der Waals surface area contributed by atoms with E-state index in [-0.39, 0.29) is 13.0 Å². The van der Waals surface area contributed by atoms with E-state index in [1.807, 2.05) is 60.7 Å². The van der Waals surface area contributed by atoms with Crippen LogP contribution in [0.1, 0.15) is 23.7 Å². The van der Waals surface area contributed by atoms with Crippen LogP contribution in [0.5, 0.6) is 0 Å². The average Bonchev–Trinajstić information content (AvgIpc) is 2.76. The SMILES string of the molecule is NCCN1CCN(CCC(=O)OC(c2ccccc2)c2ccccc2)C(=O)C1=O. The summed E-state index contributed by atoms with van der Waals surface area (Å²) in [6, 6.07) is 19.0. The van der Waals surface area contributed by atoms with Crippen molar-refractivity contribution in [3.8, 4) is 0 Å². The third kappa shape index (κ3) is 5.20. The minimum absolute atomic E-state index is 0.0199. The van der Waals surface area contributed by atoms with Gasteiger partial charge in [0.2, 0.25) is 0 Å². The number of hydrogen-bond donors (Lipinski definition) is 1. The Kier molecular flexibility index (Phi) is 6.97. The largest absolute Gasteiger partial charge is 0.452 e. The number of ether oxygens (including phenoxy) is 1. The standard InChI is InChI=1S/C22H25N3O4/c23-12-14-25-16-15-24(21(27)22(25)28)13-11-19(26)29-20(17-7-3-1-4-8-17)18-9-5-2-6-10-18/h1-10,20H,11-16,23H2. The van der Waals surface area contributed by atoms with Gasteiger partial charge >= 0.3 is 17.8 Å². The number of hydrogen-bond acceptors (Lipinski definition) is 5. The zero-order valence-corrected chi connectivity index (χ0v) is 16.2. The summed E-state index contributed by atoms with van der Waals surface area (Å²) in [5.41, 5.74) is 7.20. The summed E-state index contributed by atoms with van der Waals surface area (Å²) >= 11 is 0. The Morgan fingerprint density at radius 2 is 1.34 bits per heavy atom. The molecule has 0 aliphatic carbocycles. The third-order valence-corrected chi connectivity index (χ3v) is 4.84.